The summed E-state index contributed by atoms with van der Waals surface area (Å²) < 4.78 is 4.79. The molecule has 1 aromatic heterocycles. The van der Waals surface area contributed by atoms with Crippen LogP contribution in [0.4, 0.5) is 15.6 Å². The van der Waals surface area contributed by atoms with E-state index in [2.05, 4.69) is 15.6 Å². The average molecular weight is 355 g/mol. The Labute approximate surface area is 148 Å². The molecule has 0 saturated carbocycles. The van der Waals surface area contributed by atoms with Crippen molar-refractivity contribution in [1.29, 1.82) is 0 Å². The molecule has 0 bridgehead atoms. The topological polar surface area (TPSA) is 80.3 Å². The highest BCUT2D eigenvalue weighted by Gasteiger charge is 2.11. The van der Waals surface area contributed by atoms with Gasteiger partial charge < -0.3 is 10.1 Å². The van der Waals surface area contributed by atoms with Crippen molar-refractivity contribution < 1.29 is 14.3 Å². The van der Waals surface area contributed by atoms with Crippen molar-refractivity contribution in [2.24, 2.45) is 0 Å². The Balaban J connectivity index is 1.65. The first-order valence-corrected chi connectivity index (χ1v) is 8.69. The van der Waals surface area contributed by atoms with E-state index in [9.17, 15) is 9.59 Å². The summed E-state index contributed by atoms with van der Waals surface area (Å²) >= 11 is 1.25. The number of carbonyl (C=O) groups excluding carboxylic acids is 2. The van der Waals surface area contributed by atoms with Crippen LogP contribution in [0, 0.1) is 0 Å². The fourth-order valence-corrected chi connectivity index (χ4v) is 3.09. The van der Waals surface area contributed by atoms with Gasteiger partial charge in [0.2, 0.25) is 5.91 Å². The van der Waals surface area contributed by atoms with Gasteiger partial charge in [0.25, 0.3) is 0 Å². The molecule has 3 rings (SSSR count). The van der Waals surface area contributed by atoms with Gasteiger partial charge in [-0.05, 0) is 18.4 Å². The SMILES string of the molecule is CCOC(=O)Nc1nc(CC(=O)Nc2cccc3ccccc23)cs1. The third-order valence-corrected chi connectivity index (χ3v) is 4.25. The van der Waals surface area contributed by atoms with Crippen LogP contribution in [0.1, 0.15) is 12.6 Å². The molecule has 6 nitrogen and oxygen atoms in total. The van der Waals surface area contributed by atoms with Crippen molar-refractivity contribution in [2.75, 3.05) is 17.2 Å². The minimum atomic E-state index is -0.552. The molecule has 0 unspecified atom stereocenters. The molecule has 0 radical (unpaired) electrons. The zero-order valence-corrected chi connectivity index (χ0v) is 14.4. The van der Waals surface area contributed by atoms with Crippen LogP contribution in [0.3, 0.4) is 0 Å². The van der Waals surface area contributed by atoms with Crippen LogP contribution in [0.25, 0.3) is 10.8 Å². The smallest absolute Gasteiger partial charge is 0.413 e. The molecular formula is C18H17N3O3S. The van der Waals surface area contributed by atoms with Gasteiger partial charge in [-0.15, -0.1) is 11.3 Å². The molecule has 1 heterocycles. The number of hydrogen-bond acceptors (Lipinski definition) is 5. The van der Waals surface area contributed by atoms with E-state index in [0.717, 1.165) is 16.5 Å². The fourth-order valence-electron chi connectivity index (χ4n) is 2.39. The number of hydrogen-bond donors (Lipinski definition) is 2. The third-order valence-electron chi connectivity index (χ3n) is 3.44. The summed E-state index contributed by atoms with van der Waals surface area (Å²) in [7, 11) is 0. The normalized spacial score (nSPS) is 10.4. The minimum Gasteiger partial charge on any atom is -0.450 e. The van der Waals surface area contributed by atoms with Gasteiger partial charge in [-0.1, -0.05) is 36.4 Å². The number of rotatable bonds is 5. The van der Waals surface area contributed by atoms with E-state index in [1.807, 2.05) is 42.5 Å². The number of nitrogens with zero attached hydrogens (tertiary/aromatic N) is 1. The van der Waals surface area contributed by atoms with Crippen molar-refractivity contribution in [3.63, 3.8) is 0 Å². The first kappa shape index (κ1) is 16.9. The lowest BCUT2D eigenvalue weighted by molar-refractivity contribution is -0.115. The molecule has 2 N–H and O–H groups in total. The number of ether oxygens (including phenoxy) is 1. The molecule has 0 saturated heterocycles. The van der Waals surface area contributed by atoms with Gasteiger partial charge in [-0.3, -0.25) is 10.1 Å². The summed E-state index contributed by atoms with van der Waals surface area (Å²) in [5.41, 5.74) is 1.36. The van der Waals surface area contributed by atoms with E-state index in [0.29, 0.717) is 10.8 Å². The fraction of sp³-hybridized carbons (Fsp3) is 0.167. The predicted molar refractivity (Wildman–Crippen MR) is 99.0 cm³/mol. The van der Waals surface area contributed by atoms with E-state index in [1.165, 1.54) is 11.3 Å². The molecule has 0 atom stereocenters. The van der Waals surface area contributed by atoms with Gasteiger partial charge in [0.1, 0.15) is 0 Å². The maximum atomic E-state index is 12.3. The average Bonchev–Trinajstić information content (AvgIpc) is 3.02. The number of nitrogens with one attached hydrogen (secondary N) is 2. The molecule has 7 heteroatoms. The second-order valence-corrected chi connectivity index (χ2v) is 6.10. The summed E-state index contributed by atoms with van der Waals surface area (Å²) in [6.07, 6.45) is -0.423. The molecule has 0 fully saturated rings. The van der Waals surface area contributed by atoms with Crippen molar-refractivity contribution in [1.82, 2.24) is 4.98 Å². The van der Waals surface area contributed by atoms with E-state index in [4.69, 9.17) is 4.74 Å². The highest BCUT2D eigenvalue weighted by Crippen LogP contribution is 2.23. The first-order chi connectivity index (χ1) is 12.2. The number of carbonyl (C=O) groups is 2. The van der Waals surface area contributed by atoms with E-state index in [-0.39, 0.29) is 18.9 Å². The van der Waals surface area contributed by atoms with Crippen molar-refractivity contribution >= 4 is 44.9 Å². The van der Waals surface area contributed by atoms with Gasteiger partial charge in [0.15, 0.2) is 5.13 Å². The molecule has 2 aromatic carbocycles. The Bertz CT molecular complexity index is 902. The van der Waals surface area contributed by atoms with Crippen LogP contribution in [-0.4, -0.2) is 23.6 Å². The molecule has 0 aliphatic heterocycles. The lowest BCUT2D eigenvalue weighted by Crippen LogP contribution is -2.15. The molecule has 0 spiro atoms. The number of benzene rings is 2. The second kappa shape index (κ2) is 7.76. The Morgan fingerprint density at radius 1 is 1.12 bits per heavy atom. The number of fused-ring (bicyclic) bond motifs is 1. The molecule has 3 aromatic rings. The van der Waals surface area contributed by atoms with Gasteiger partial charge in [-0.25, -0.2) is 9.78 Å². The van der Waals surface area contributed by atoms with Crippen LogP contribution in [-0.2, 0) is 16.0 Å². The molecule has 2 amide bonds. The summed E-state index contributed by atoms with van der Waals surface area (Å²) in [6, 6.07) is 13.6. The standard InChI is InChI=1S/C18H17N3O3S/c1-2-24-18(23)21-17-19-13(11-25-17)10-16(22)20-15-9-5-7-12-6-3-4-8-14(12)15/h3-9,11H,2,10H2,1H3,(H,20,22)(H,19,21,23). The number of aromatic nitrogens is 1. The predicted octanol–water partition coefficient (Wildman–Crippen LogP) is 4.05. The van der Waals surface area contributed by atoms with Crippen LogP contribution in [0.5, 0.6) is 0 Å². The largest absolute Gasteiger partial charge is 0.450 e. The van der Waals surface area contributed by atoms with Crippen molar-refractivity contribution in [3.05, 3.63) is 53.5 Å². The summed E-state index contributed by atoms with van der Waals surface area (Å²) in [4.78, 5) is 27.9. The van der Waals surface area contributed by atoms with Gasteiger partial charge >= 0.3 is 6.09 Å². The summed E-state index contributed by atoms with van der Waals surface area (Å²) in [5, 5.41) is 9.64. The van der Waals surface area contributed by atoms with Crippen LogP contribution in [0.15, 0.2) is 47.8 Å². The highest BCUT2D eigenvalue weighted by atomic mass is 32.1. The lowest BCUT2D eigenvalue weighted by Gasteiger charge is -2.08. The monoisotopic (exact) mass is 355 g/mol. The second-order valence-electron chi connectivity index (χ2n) is 5.24. The Hall–Kier alpha value is -2.93. The van der Waals surface area contributed by atoms with Gasteiger partial charge in [0.05, 0.1) is 18.7 Å². The van der Waals surface area contributed by atoms with E-state index < -0.39 is 6.09 Å². The maximum Gasteiger partial charge on any atom is 0.413 e. The maximum absolute atomic E-state index is 12.3. The quantitative estimate of drug-likeness (QED) is 0.724. The van der Waals surface area contributed by atoms with Crippen LogP contribution in [0.2, 0.25) is 0 Å². The first-order valence-electron chi connectivity index (χ1n) is 7.81. The third kappa shape index (κ3) is 4.33. The zero-order chi connectivity index (χ0) is 17.6. The molecule has 25 heavy (non-hydrogen) atoms. The van der Waals surface area contributed by atoms with E-state index >= 15 is 0 Å². The lowest BCUT2D eigenvalue weighted by atomic mass is 10.1. The van der Waals surface area contributed by atoms with Crippen molar-refractivity contribution in [2.45, 2.75) is 13.3 Å². The minimum absolute atomic E-state index is 0.129. The van der Waals surface area contributed by atoms with E-state index in [1.54, 1.807) is 12.3 Å². The summed E-state index contributed by atoms with van der Waals surface area (Å²) in [6.45, 7) is 2.02. The molecular weight excluding hydrogens is 338 g/mol. The van der Waals surface area contributed by atoms with Crippen molar-refractivity contribution in [3.8, 4) is 0 Å². The molecule has 0 aliphatic rings. The molecule has 0 aliphatic carbocycles. The van der Waals surface area contributed by atoms with Gasteiger partial charge in [-0.2, -0.15) is 0 Å². The number of anilines is 2. The number of thiazole rings is 1. The Kier molecular flexibility index (Phi) is 5.25. The summed E-state index contributed by atoms with van der Waals surface area (Å²) in [5.74, 6) is -0.163. The zero-order valence-electron chi connectivity index (χ0n) is 13.6. The number of amides is 2. The Morgan fingerprint density at radius 2 is 1.92 bits per heavy atom. The van der Waals surface area contributed by atoms with Crippen LogP contribution < -0.4 is 10.6 Å². The molecule has 128 valence electrons. The van der Waals surface area contributed by atoms with Crippen LogP contribution >= 0.6 is 11.3 Å². The Morgan fingerprint density at radius 3 is 2.76 bits per heavy atom. The highest BCUT2D eigenvalue weighted by molar-refractivity contribution is 7.13. The van der Waals surface area contributed by atoms with Gasteiger partial charge in [0, 0.05) is 16.5 Å².